The van der Waals surface area contributed by atoms with Gasteiger partial charge in [0.25, 0.3) is 0 Å². The largest absolute Gasteiger partial charge is 0.395 e. The Balaban J connectivity index is 3.18. The third kappa shape index (κ3) is 4.07. The first-order valence-corrected chi connectivity index (χ1v) is 6.63. The molecule has 0 aliphatic carbocycles. The van der Waals surface area contributed by atoms with Crippen LogP contribution in [0.25, 0.3) is 0 Å². The van der Waals surface area contributed by atoms with Gasteiger partial charge in [-0.2, -0.15) is 0 Å². The van der Waals surface area contributed by atoms with Gasteiger partial charge in [0, 0.05) is 19.6 Å². The van der Waals surface area contributed by atoms with Crippen molar-refractivity contribution in [2.75, 3.05) is 43.1 Å². The molecule has 1 aromatic rings. The second-order valence-corrected chi connectivity index (χ2v) is 4.29. The molecule has 0 radical (unpaired) electrons. The number of aliphatic hydroxyl groups excluding tert-OH is 2. The number of hydrogen-bond acceptors (Lipinski definition) is 6. The lowest BCUT2D eigenvalue weighted by Gasteiger charge is -2.23. The highest BCUT2D eigenvalue weighted by atomic mass is 16.6. The van der Waals surface area contributed by atoms with Gasteiger partial charge in [-0.15, -0.1) is 0 Å². The molecule has 0 fully saturated rings. The lowest BCUT2D eigenvalue weighted by atomic mass is 10.2. The zero-order valence-electron chi connectivity index (χ0n) is 11.6. The number of benzene rings is 1. The average molecular weight is 283 g/mol. The fourth-order valence-corrected chi connectivity index (χ4v) is 1.97. The van der Waals surface area contributed by atoms with E-state index in [9.17, 15) is 10.1 Å². The molecular weight excluding hydrogens is 262 g/mol. The Morgan fingerprint density at radius 3 is 2.45 bits per heavy atom. The summed E-state index contributed by atoms with van der Waals surface area (Å²) >= 11 is 0. The summed E-state index contributed by atoms with van der Waals surface area (Å²) in [6, 6.07) is 5.01. The van der Waals surface area contributed by atoms with Crippen LogP contribution < -0.4 is 10.2 Å². The van der Waals surface area contributed by atoms with E-state index in [2.05, 4.69) is 5.32 Å². The second-order valence-electron chi connectivity index (χ2n) is 4.29. The fraction of sp³-hybridized carbons (Fsp3) is 0.538. The molecular formula is C13H21N3O4. The van der Waals surface area contributed by atoms with Crippen LogP contribution in [-0.4, -0.2) is 48.0 Å². The van der Waals surface area contributed by atoms with Gasteiger partial charge in [0.1, 0.15) is 11.4 Å². The highest BCUT2D eigenvalue weighted by Gasteiger charge is 2.23. The number of anilines is 2. The molecule has 0 aromatic heterocycles. The normalized spacial score (nSPS) is 10.3. The number of hydrogen-bond donors (Lipinski definition) is 3. The number of aliphatic hydroxyl groups is 2. The van der Waals surface area contributed by atoms with Crippen LogP contribution in [0.15, 0.2) is 18.2 Å². The third-order valence-corrected chi connectivity index (χ3v) is 2.84. The monoisotopic (exact) mass is 283 g/mol. The van der Waals surface area contributed by atoms with Crippen LogP contribution in [0, 0.1) is 10.1 Å². The highest BCUT2D eigenvalue weighted by Crippen LogP contribution is 2.35. The summed E-state index contributed by atoms with van der Waals surface area (Å²) in [5, 5.41) is 32.5. The fourth-order valence-electron chi connectivity index (χ4n) is 1.97. The predicted octanol–water partition coefficient (Wildman–Crippen LogP) is 1.21. The van der Waals surface area contributed by atoms with Crippen molar-refractivity contribution in [3.05, 3.63) is 28.3 Å². The van der Waals surface area contributed by atoms with Gasteiger partial charge in [0.2, 0.25) is 0 Å². The first-order chi connectivity index (χ1) is 9.65. The Labute approximate surface area is 118 Å². The molecule has 20 heavy (non-hydrogen) atoms. The molecule has 0 heterocycles. The van der Waals surface area contributed by atoms with E-state index >= 15 is 0 Å². The molecule has 3 N–H and O–H groups in total. The molecule has 0 spiro atoms. The van der Waals surface area contributed by atoms with Gasteiger partial charge in [-0.25, -0.2) is 0 Å². The van der Waals surface area contributed by atoms with Crippen LogP contribution in [0.5, 0.6) is 0 Å². The summed E-state index contributed by atoms with van der Waals surface area (Å²) in [7, 11) is 0. The van der Waals surface area contributed by atoms with E-state index < -0.39 is 4.92 Å². The average Bonchev–Trinajstić information content (AvgIpc) is 2.44. The van der Waals surface area contributed by atoms with Gasteiger partial charge in [-0.05, 0) is 18.6 Å². The van der Waals surface area contributed by atoms with E-state index in [1.165, 1.54) is 0 Å². The summed E-state index contributed by atoms with van der Waals surface area (Å²) in [6.07, 6.45) is 0.860. The van der Waals surface area contributed by atoms with Crippen molar-refractivity contribution in [1.82, 2.24) is 0 Å². The molecule has 0 aliphatic rings. The quantitative estimate of drug-likeness (QED) is 0.465. The minimum Gasteiger partial charge on any atom is -0.395 e. The van der Waals surface area contributed by atoms with E-state index in [0.29, 0.717) is 17.9 Å². The zero-order chi connectivity index (χ0) is 15.0. The second kappa shape index (κ2) is 8.34. The van der Waals surface area contributed by atoms with Crippen molar-refractivity contribution < 1.29 is 15.1 Å². The van der Waals surface area contributed by atoms with Gasteiger partial charge in [0.15, 0.2) is 0 Å². The number of rotatable bonds is 9. The van der Waals surface area contributed by atoms with Gasteiger partial charge in [-0.3, -0.25) is 10.1 Å². The minimum atomic E-state index is -0.435. The van der Waals surface area contributed by atoms with Crippen molar-refractivity contribution in [3.8, 4) is 0 Å². The zero-order valence-corrected chi connectivity index (χ0v) is 11.6. The number of nitrogens with zero attached hydrogens (tertiary/aromatic N) is 2. The van der Waals surface area contributed by atoms with Gasteiger partial charge in [0.05, 0.1) is 18.1 Å². The first kappa shape index (κ1) is 16.2. The molecule has 0 saturated heterocycles. The number of nitro groups is 1. The highest BCUT2D eigenvalue weighted by molar-refractivity contribution is 5.77. The van der Waals surface area contributed by atoms with Crippen LogP contribution in [0.1, 0.15) is 13.3 Å². The van der Waals surface area contributed by atoms with Crippen LogP contribution >= 0.6 is 0 Å². The Morgan fingerprint density at radius 2 is 1.95 bits per heavy atom. The molecule has 0 atom stereocenters. The topological polar surface area (TPSA) is 98.9 Å². The molecule has 0 amide bonds. The molecule has 0 saturated carbocycles. The predicted molar refractivity (Wildman–Crippen MR) is 78.3 cm³/mol. The number of para-hydroxylation sites is 1. The number of nitrogens with one attached hydrogen (secondary N) is 1. The van der Waals surface area contributed by atoms with E-state index in [4.69, 9.17) is 10.2 Å². The lowest BCUT2D eigenvalue weighted by molar-refractivity contribution is -0.383. The standard InChI is InChI=1S/C13H21N3O4/c1-2-6-14-11-4-3-5-12(13(11)16(19)20)15(7-9-17)8-10-18/h3-5,14,17-18H,2,6-10H2,1H3. The molecule has 112 valence electrons. The Morgan fingerprint density at radius 1 is 1.30 bits per heavy atom. The molecule has 7 nitrogen and oxygen atoms in total. The van der Waals surface area contributed by atoms with E-state index in [1.807, 2.05) is 6.92 Å². The Hall–Kier alpha value is -1.86. The van der Waals surface area contributed by atoms with Crippen LogP contribution in [0.2, 0.25) is 0 Å². The molecule has 1 aromatic carbocycles. The van der Waals surface area contributed by atoms with E-state index in [1.54, 1.807) is 23.1 Å². The first-order valence-electron chi connectivity index (χ1n) is 6.63. The Kier molecular flexibility index (Phi) is 6.75. The van der Waals surface area contributed by atoms with Crippen molar-refractivity contribution in [2.45, 2.75) is 13.3 Å². The molecule has 0 aliphatic heterocycles. The van der Waals surface area contributed by atoms with Gasteiger partial charge >= 0.3 is 5.69 Å². The summed E-state index contributed by atoms with van der Waals surface area (Å²) < 4.78 is 0. The van der Waals surface area contributed by atoms with Crippen molar-refractivity contribution in [3.63, 3.8) is 0 Å². The molecule has 1 rings (SSSR count). The smallest absolute Gasteiger partial charge is 0.315 e. The van der Waals surface area contributed by atoms with Gasteiger partial charge < -0.3 is 20.4 Å². The van der Waals surface area contributed by atoms with Crippen LogP contribution in [0.4, 0.5) is 17.1 Å². The minimum absolute atomic E-state index is 0.0251. The van der Waals surface area contributed by atoms with Crippen molar-refractivity contribution >= 4 is 17.1 Å². The van der Waals surface area contributed by atoms with Crippen molar-refractivity contribution in [2.24, 2.45) is 0 Å². The summed E-state index contributed by atoms with van der Waals surface area (Å²) in [4.78, 5) is 12.5. The maximum Gasteiger partial charge on any atom is 0.315 e. The van der Waals surface area contributed by atoms with Crippen LogP contribution in [-0.2, 0) is 0 Å². The van der Waals surface area contributed by atoms with Crippen LogP contribution in [0.3, 0.4) is 0 Å². The summed E-state index contributed by atoms with van der Waals surface area (Å²) in [6.45, 7) is 2.82. The third-order valence-electron chi connectivity index (χ3n) is 2.84. The molecule has 0 bridgehead atoms. The van der Waals surface area contributed by atoms with E-state index in [0.717, 1.165) is 6.42 Å². The molecule has 7 heteroatoms. The van der Waals surface area contributed by atoms with Crippen molar-refractivity contribution in [1.29, 1.82) is 0 Å². The maximum atomic E-state index is 11.3. The summed E-state index contributed by atoms with van der Waals surface area (Å²) in [5.74, 6) is 0. The van der Waals surface area contributed by atoms with Gasteiger partial charge in [-0.1, -0.05) is 13.0 Å². The lowest BCUT2D eigenvalue weighted by Crippen LogP contribution is -2.30. The van der Waals surface area contributed by atoms with E-state index in [-0.39, 0.29) is 32.0 Å². The number of nitro benzene ring substituents is 1. The molecule has 0 unspecified atom stereocenters. The maximum absolute atomic E-state index is 11.3. The summed E-state index contributed by atoms with van der Waals surface area (Å²) in [5.41, 5.74) is 0.831. The Bertz CT molecular complexity index is 434. The SMILES string of the molecule is CCCNc1cccc(N(CCO)CCO)c1[N+](=O)[O-].